The van der Waals surface area contributed by atoms with Gasteiger partial charge in [0.25, 0.3) is 0 Å². The topological polar surface area (TPSA) is 108 Å². The fraction of sp³-hybridized carbons (Fsp3) is 0.824. The Kier molecular flexibility index (Phi) is 10.3. The molecule has 0 spiro atoms. The van der Waals surface area contributed by atoms with E-state index in [0.29, 0.717) is 19.4 Å². The molecule has 0 fully saturated rings. The molecule has 0 heterocycles. The summed E-state index contributed by atoms with van der Waals surface area (Å²) in [5.41, 5.74) is 3.62. The van der Waals surface area contributed by atoms with Crippen LogP contribution >= 0.6 is 34.8 Å². The number of nitrogens with zero attached hydrogens (tertiary/aromatic N) is 1. The minimum absolute atomic E-state index is 0.268. The summed E-state index contributed by atoms with van der Waals surface area (Å²) < 4.78 is 12.9. The highest BCUT2D eigenvalue weighted by molar-refractivity contribution is 6.68. The number of carbonyl (C=O) groups excluding carboxylic acids is 3. The van der Waals surface area contributed by atoms with Crippen molar-refractivity contribution < 1.29 is 28.6 Å². The summed E-state index contributed by atoms with van der Waals surface area (Å²) in [5.74, 6) is -0.869. The number of alkyl halides is 3. The van der Waals surface area contributed by atoms with Crippen molar-refractivity contribution in [1.29, 1.82) is 0 Å². The summed E-state index contributed by atoms with van der Waals surface area (Å²) in [6.45, 7) is 8.25. The van der Waals surface area contributed by atoms with Crippen molar-refractivity contribution >= 4 is 53.0 Å². The lowest BCUT2D eigenvalue weighted by atomic mass is 10.1. The molecule has 0 rings (SSSR count). The van der Waals surface area contributed by atoms with Crippen LogP contribution in [-0.2, 0) is 19.0 Å². The number of hydrogen-bond donors (Lipinski definition) is 1. The second-order valence-corrected chi connectivity index (χ2v) is 10.1. The average molecular weight is 464 g/mol. The third-order valence-corrected chi connectivity index (χ3v) is 4.84. The molecule has 0 bridgehead atoms. The SMILES string of the molecule is CN(CCCC[C@H](N)C(=O)OC(=O)OC(C)(C)C)C(=O)OC(C)(C)C(Cl)(Cl)Cl. The first kappa shape index (κ1) is 27.0. The fourth-order valence-electron chi connectivity index (χ4n) is 1.71. The van der Waals surface area contributed by atoms with Crippen molar-refractivity contribution in [3.8, 4) is 0 Å². The van der Waals surface area contributed by atoms with Gasteiger partial charge in [-0.15, -0.1) is 0 Å². The number of nitrogens with two attached hydrogens (primary N) is 1. The summed E-state index contributed by atoms with van der Waals surface area (Å²) in [6, 6.07) is -0.979. The van der Waals surface area contributed by atoms with E-state index >= 15 is 0 Å². The van der Waals surface area contributed by atoms with E-state index in [2.05, 4.69) is 4.74 Å². The first-order valence-corrected chi connectivity index (χ1v) is 9.81. The average Bonchev–Trinajstić information content (AvgIpc) is 2.47. The van der Waals surface area contributed by atoms with Gasteiger partial charge >= 0.3 is 18.2 Å². The smallest absolute Gasteiger partial charge is 0.439 e. The number of halogens is 3. The summed E-state index contributed by atoms with van der Waals surface area (Å²) in [4.78, 5) is 36.6. The van der Waals surface area contributed by atoms with E-state index in [-0.39, 0.29) is 6.42 Å². The van der Waals surface area contributed by atoms with Crippen molar-refractivity contribution in [1.82, 2.24) is 4.90 Å². The Bertz CT molecular complexity index is 558. The highest BCUT2D eigenvalue weighted by atomic mass is 35.6. The minimum Gasteiger partial charge on any atom is -0.439 e. The number of ether oxygens (including phenoxy) is 3. The van der Waals surface area contributed by atoms with Gasteiger partial charge < -0.3 is 24.8 Å². The number of hydrogen-bond acceptors (Lipinski definition) is 7. The molecule has 164 valence electrons. The normalized spacial score (nSPS) is 13.5. The summed E-state index contributed by atoms with van der Waals surface area (Å²) in [6.07, 6.45) is -0.426. The molecule has 11 heteroatoms. The highest BCUT2D eigenvalue weighted by Crippen LogP contribution is 2.40. The van der Waals surface area contributed by atoms with Gasteiger partial charge in [-0.05, 0) is 53.9 Å². The van der Waals surface area contributed by atoms with E-state index in [9.17, 15) is 14.4 Å². The van der Waals surface area contributed by atoms with E-state index in [1.165, 1.54) is 25.8 Å². The molecule has 0 aliphatic carbocycles. The van der Waals surface area contributed by atoms with E-state index in [1.807, 2.05) is 0 Å². The van der Waals surface area contributed by atoms with Gasteiger partial charge in [0.15, 0.2) is 5.60 Å². The highest BCUT2D eigenvalue weighted by Gasteiger charge is 2.44. The van der Waals surface area contributed by atoms with Gasteiger partial charge in [-0.3, -0.25) is 0 Å². The third kappa shape index (κ3) is 10.5. The Morgan fingerprint density at radius 3 is 2.00 bits per heavy atom. The molecule has 0 aliphatic heterocycles. The molecule has 1 atom stereocenters. The Hall–Kier alpha value is -0.960. The Morgan fingerprint density at radius 1 is 1.00 bits per heavy atom. The van der Waals surface area contributed by atoms with Crippen LogP contribution in [0.2, 0.25) is 0 Å². The maximum Gasteiger partial charge on any atom is 0.516 e. The molecule has 0 radical (unpaired) electrons. The lowest BCUT2D eigenvalue weighted by molar-refractivity contribution is -0.143. The van der Waals surface area contributed by atoms with Crippen LogP contribution < -0.4 is 5.73 Å². The Morgan fingerprint density at radius 2 is 1.54 bits per heavy atom. The zero-order valence-electron chi connectivity index (χ0n) is 17.0. The van der Waals surface area contributed by atoms with E-state index in [0.717, 1.165) is 0 Å². The molecule has 0 aromatic heterocycles. The second-order valence-electron chi connectivity index (χ2n) is 7.79. The molecule has 1 amide bonds. The van der Waals surface area contributed by atoms with Crippen LogP contribution in [0, 0.1) is 0 Å². The van der Waals surface area contributed by atoms with Gasteiger partial charge in [-0.25, -0.2) is 14.4 Å². The maximum absolute atomic E-state index is 12.1. The maximum atomic E-state index is 12.1. The van der Waals surface area contributed by atoms with Gasteiger partial charge in [0, 0.05) is 13.6 Å². The lowest BCUT2D eigenvalue weighted by Crippen LogP contribution is -2.44. The standard InChI is InChI=1S/C17H29Cl3N2O6/c1-15(2,3)28-14(25)26-12(23)11(21)9-7-8-10-22(6)13(24)27-16(4,5)17(18,19)20/h11H,7-10,21H2,1-6H3/t11-/m0/s1. The first-order chi connectivity index (χ1) is 12.5. The van der Waals surface area contributed by atoms with Crippen LogP contribution in [0.5, 0.6) is 0 Å². The van der Waals surface area contributed by atoms with Crippen LogP contribution in [0.4, 0.5) is 9.59 Å². The van der Waals surface area contributed by atoms with Gasteiger partial charge in [-0.2, -0.15) is 0 Å². The molecule has 2 N–H and O–H groups in total. The molecule has 0 aliphatic rings. The molecule has 0 aromatic rings. The molecule has 0 saturated heterocycles. The van der Waals surface area contributed by atoms with Crippen LogP contribution in [0.15, 0.2) is 0 Å². The lowest BCUT2D eigenvalue weighted by Gasteiger charge is -2.33. The van der Waals surface area contributed by atoms with Gasteiger partial charge in [0.2, 0.25) is 3.79 Å². The molecular formula is C17H29Cl3N2O6. The molecular weight excluding hydrogens is 435 g/mol. The summed E-state index contributed by atoms with van der Waals surface area (Å²) in [5, 5.41) is 0. The molecule has 0 unspecified atom stereocenters. The van der Waals surface area contributed by atoms with Crippen molar-refractivity contribution in [2.75, 3.05) is 13.6 Å². The summed E-state index contributed by atoms with van der Waals surface area (Å²) in [7, 11) is 1.54. The van der Waals surface area contributed by atoms with Crippen LogP contribution in [0.1, 0.15) is 53.9 Å². The van der Waals surface area contributed by atoms with Gasteiger partial charge in [0.05, 0.1) is 0 Å². The quantitative estimate of drug-likeness (QED) is 0.261. The summed E-state index contributed by atoms with van der Waals surface area (Å²) >= 11 is 17.3. The van der Waals surface area contributed by atoms with Crippen molar-refractivity contribution in [3.63, 3.8) is 0 Å². The number of unbranched alkanes of at least 4 members (excludes halogenated alkanes) is 1. The van der Waals surface area contributed by atoms with Gasteiger partial charge in [0.1, 0.15) is 11.6 Å². The second kappa shape index (κ2) is 10.7. The molecule has 28 heavy (non-hydrogen) atoms. The van der Waals surface area contributed by atoms with Crippen molar-refractivity contribution in [2.45, 2.75) is 74.9 Å². The van der Waals surface area contributed by atoms with Gasteiger partial charge in [-0.1, -0.05) is 34.8 Å². The number of amides is 1. The zero-order valence-corrected chi connectivity index (χ0v) is 19.3. The van der Waals surface area contributed by atoms with E-state index in [1.54, 1.807) is 20.8 Å². The Balaban J connectivity index is 4.25. The zero-order chi connectivity index (χ0) is 22.3. The number of esters is 1. The van der Waals surface area contributed by atoms with Crippen molar-refractivity contribution in [3.05, 3.63) is 0 Å². The first-order valence-electron chi connectivity index (χ1n) is 8.67. The number of rotatable bonds is 7. The Labute approximate surface area is 180 Å². The third-order valence-electron chi connectivity index (χ3n) is 3.47. The molecule has 0 aromatic carbocycles. The molecule has 8 nitrogen and oxygen atoms in total. The van der Waals surface area contributed by atoms with Crippen molar-refractivity contribution in [2.24, 2.45) is 5.73 Å². The van der Waals surface area contributed by atoms with Crippen LogP contribution in [0.25, 0.3) is 0 Å². The monoisotopic (exact) mass is 462 g/mol. The number of carbonyl (C=O) groups is 3. The van der Waals surface area contributed by atoms with Crippen LogP contribution in [-0.4, -0.2) is 57.7 Å². The van der Waals surface area contributed by atoms with Crippen LogP contribution in [0.3, 0.4) is 0 Å². The van der Waals surface area contributed by atoms with E-state index < -0.39 is 39.3 Å². The largest absolute Gasteiger partial charge is 0.516 e. The molecule has 0 saturated carbocycles. The predicted octanol–water partition coefficient (Wildman–Crippen LogP) is 4.18. The predicted molar refractivity (Wildman–Crippen MR) is 108 cm³/mol. The van der Waals surface area contributed by atoms with E-state index in [4.69, 9.17) is 50.0 Å². The fourth-order valence-corrected chi connectivity index (χ4v) is 1.82. The minimum atomic E-state index is -1.77.